The molecule has 0 spiro atoms. The van der Waals surface area contributed by atoms with E-state index in [1.54, 1.807) is 0 Å². The van der Waals surface area contributed by atoms with E-state index in [2.05, 4.69) is 200 Å². The van der Waals surface area contributed by atoms with Gasteiger partial charge in [0.05, 0.1) is 51.1 Å². The molecule has 11 rings (SSSR count). The Kier molecular flexibility index (Phi) is 16.8. The molecule has 0 aliphatic carbocycles. The molecule has 3 aromatic heterocycles. The minimum Gasteiger partial charge on any atom is -0.493 e. The molecule has 8 nitrogen and oxygen atoms in total. The Morgan fingerprint density at radius 2 is 0.964 bits per heavy atom. The summed E-state index contributed by atoms with van der Waals surface area (Å²) in [5.74, 6) is 2.22. The molecule has 11 aromatic rings. The van der Waals surface area contributed by atoms with E-state index in [4.69, 9.17) is 19.5 Å². The van der Waals surface area contributed by atoms with Crippen LogP contribution in [0.5, 0.6) is 11.5 Å². The highest BCUT2D eigenvalue weighted by molar-refractivity contribution is 7.19. The van der Waals surface area contributed by atoms with Crippen LogP contribution in [0.25, 0.3) is 54.7 Å². The van der Waals surface area contributed by atoms with Crippen LogP contribution in [0.15, 0.2) is 223 Å². The van der Waals surface area contributed by atoms with Crippen molar-refractivity contribution in [2.24, 2.45) is 16.8 Å². The second-order valence-corrected chi connectivity index (χ2v) is 22.5. The third kappa shape index (κ3) is 11.3. The van der Waals surface area contributed by atoms with E-state index < -0.39 is 13.7 Å². The fourth-order valence-corrected chi connectivity index (χ4v) is 12.0. The van der Waals surface area contributed by atoms with Crippen molar-refractivity contribution in [3.8, 4) is 46.2 Å². The van der Waals surface area contributed by atoms with Crippen LogP contribution in [0, 0.1) is 41.4 Å². The van der Waals surface area contributed by atoms with Gasteiger partial charge in [-0.15, -0.1) is 11.3 Å². The van der Waals surface area contributed by atoms with Crippen molar-refractivity contribution in [3.05, 3.63) is 240 Å². The average molecular weight is 1100 g/mol. The summed E-state index contributed by atoms with van der Waals surface area (Å²) in [6, 6.07) is 80.6. The molecule has 8 aromatic carbocycles. The van der Waals surface area contributed by atoms with Crippen molar-refractivity contribution in [2.45, 2.75) is 54.4 Å². The number of fused-ring (bicyclic) bond motifs is 2. The van der Waals surface area contributed by atoms with E-state index in [9.17, 15) is 10.5 Å². The van der Waals surface area contributed by atoms with Crippen LogP contribution in [0.2, 0.25) is 0 Å². The van der Waals surface area contributed by atoms with Crippen molar-refractivity contribution in [2.75, 3.05) is 13.2 Å². The molecule has 2 atom stereocenters. The molecular weight excluding hydrogens is 1030 g/mol. The number of hydrogen-bond acceptors (Lipinski definition) is 7. The zero-order valence-corrected chi connectivity index (χ0v) is 48.6. The molecule has 0 radical (unpaired) electrons. The molecule has 3 heterocycles. The minimum atomic E-state index is -0.525. The Morgan fingerprint density at radius 1 is 0.542 bits per heavy atom. The largest absolute Gasteiger partial charge is 0.493 e. The van der Waals surface area contributed by atoms with Gasteiger partial charge in [-0.05, 0) is 109 Å². The van der Waals surface area contributed by atoms with Crippen LogP contribution in [0.3, 0.4) is 0 Å². The lowest BCUT2D eigenvalue weighted by Gasteiger charge is -2.24. The second-order valence-electron chi connectivity index (χ2n) is 21.5. The number of aromatic nitrogens is 3. The molecule has 11 heteroatoms. The summed E-state index contributed by atoms with van der Waals surface area (Å²) in [4.78, 5) is 10.7. The summed E-state index contributed by atoms with van der Waals surface area (Å²) in [5.41, 5.74) is 11.2. The number of rotatable bonds is 19. The molecule has 2 unspecified atom stereocenters. The summed E-state index contributed by atoms with van der Waals surface area (Å²) in [7, 11) is 0. The Hall–Kier alpha value is -9.41. The highest BCUT2D eigenvalue weighted by atomic mass is 32.1. The van der Waals surface area contributed by atoms with Crippen molar-refractivity contribution in [1.29, 1.82) is 10.5 Å². The van der Waals surface area contributed by atoms with Gasteiger partial charge in [-0.25, -0.2) is 4.98 Å². The minimum absolute atomic E-state index is 0.363. The first-order valence-corrected chi connectivity index (χ1v) is 29.5. The van der Waals surface area contributed by atoms with Gasteiger partial charge < -0.3 is 18.4 Å². The van der Waals surface area contributed by atoms with Crippen LogP contribution >= 0.6 is 11.3 Å². The maximum atomic E-state index is 12.4. The average Bonchev–Trinajstić information content (AvgIpc) is 1.93. The van der Waals surface area contributed by atoms with Crippen molar-refractivity contribution < 1.29 is 9.47 Å². The van der Waals surface area contributed by atoms with Gasteiger partial charge in [0.25, 0.3) is 0 Å². The standard InChI is InChI=1S/C72H64B2N6O2S/c1-7-49(3)47-81-59-41-37-53(38-42-59)68-66-67(71(62(46-76)72-78-64-35-23-24-36-65(64)83-72)80(68)74(57-30-17-11-18-31-57)58-32-19-12-20-33-58)69(54-39-43-60(44-40-54)82-48-50(4)8-2)79(73(55-26-13-9-14-27-55)56-28-15-10-16-29-56)70(66)61(45-75)52(6)77-63-34-22-21-25-51(63)5/h9-44,49-50H,7-8,47-48H2,1-6H3/b70-61-,71-62-,77-52?. The van der Waals surface area contributed by atoms with E-state index >= 15 is 0 Å². The van der Waals surface area contributed by atoms with E-state index in [-0.39, 0.29) is 0 Å². The number of ether oxygens (including phenoxy) is 2. The maximum absolute atomic E-state index is 12.4. The van der Waals surface area contributed by atoms with Crippen LogP contribution in [-0.2, 0) is 0 Å². The van der Waals surface area contributed by atoms with E-state index in [1.807, 2.05) is 80.6 Å². The van der Waals surface area contributed by atoms with Crippen molar-refractivity contribution in [1.82, 2.24) is 13.9 Å². The lowest BCUT2D eigenvalue weighted by molar-refractivity contribution is 0.256. The summed E-state index contributed by atoms with van der Waals surface area (Å²) >= 11 is 1.50. The fourth-order valence-electron chi connectivity index (χ4n) is 11.0. The van der Waals surface area contributed by atoms with Crippen LogP contribution in [0.4, 0.5) is 5.69 Å². The number of hydrogen-bond donors (Lipinski definition) is 0. The fraction of sp³-hybridized carbons (Fsp3) is 0.167. The molecule has 0 amide bonds. The van der Waals surface area contributed by atoms with Crippen LogP contribution < -0.4 is 42.0 Å². The highest BCUT2D eigenvalue weighted by Crippen LogP contribution is 2.38. The van der Waals surface area contributed by atoms with Gasteiger partial charge >= 0.3 is 13.7 Å². The first-order valence-electron chi connectivity index (χ1n) is 28.7. The van der Waals surface area contributed by atoms with Gasteiger partial charge in [0.15, 0.2) is 0 Å². The third-order valence-electron chi connectivity index (χ3n) is 15.8. The topological polar surface area (TPSA) is 101 Å². The van der Waals surface area contributed by atoms with Crippen molar-refractivity contribution in [3.63, 3.8) is 0 Å². The van der Waals surface area contributed by atoms with Gasteiger partial charge in [-0.3, -0.25) is 4.99 Å². The van der Waals surface area contributed by atoms with E-state index in [1.165, 1.54) is 11.3 Å². The molecule has 0 saturated heterocycles. The normalized spacial score (nSPS) is 13.0. The summed E-state index contributed by atoms with van der Waals surface area (Å²) < 4.78 is 18.7. The summed E-state index contributed by atoms with van der Waals surface area (Å²) in [5, 5.41) is 28.1. The molecule has 0 bridgehead atoms. The third-order valence-corrected chi connectivity index (χ3v) is 16.9. The molecule has 0 fully saturated rings. The maximum Gasteiger partial charge on any atom is 0.328 e. The number of benzene rings is 8. The summed E-state index contributed by atoms with van der Waals surface area (Å²) in [6.45, 7) is 12.9. The monoisotopic (exact) mass is 1100 g/mol. The SMILES string of the molecule is CCC(C)COc1ccc(-c2c3/c(=C(\C#N)C(C)=Nc4ccccc4C)n(B(c4ccccc4)c4ccccc4)c(-c4ccc(OCC(C)CC)cc4)c3/c(=C(\C#N)c3nc4ccccc4s3)n2B(c2ccccc2)c2ccccc2)cc1. The zero-order valence-electron chi connectivity index (χ0n) is 47.8. The molecule has 0 N–H and O–H groups in total. The van der Waals surface area contributed by atoms with Gasteiger partial charge in [-0.1, -0.05) is 214 Å². The summed E-state index contributed by atoms with van der Waals surface area (Å²) in [6.07, 6.45) is 1.98. The molecule has 406 valence electrons. The molecular formula is C72H64B2N6O2S. The number of aryl methyl sites for hydroxylation is 1. The molecule has 83 heavy (non-hydrogen) atoms. The Bertz CT molecular complexity index is 4150. The second kappa shape index (κ2) is 25.2. The van der Waals surface area contributed by atoms with Crippen LogP contribution in [0.1, 0.15) is 58.0 Å². The lowest BCUT2D eigenvalue weighted by atomic mass is 9.50. The Labute approximate surface area is 491 Å². The quantitative estimate of drug-likeness (QED) is 0.0593. The predicted octanol–water partition coefficient (Wildman–Crippen LogP) is 13.0. The first kappa shape index (κ1) is 55.5. The molecule has 0 aliphatic rings. The van der Waals surface area contributed by atoms with E-state index in [0.717, 1.165) is 101 Å². The lowest BCUT2D eigenvalue weighted by Crippen LogP contribution is -2.54. The van der Waals surface area contributed by atoms with Gasteiger partial charge in [-0.2, -0.15) is 10.5 Å². The molecule has 0 aliphatic heterocycles. The van der Waals surface area contributed by atoms with Crippen molar-refractivity contribution >= 4 is 90.4 Å². The smallest absolute Gasteiger partial charge is 0.328 e. The number of nitrogens with zero attached hydrogens (tertiary/aromatic N) is 6. The first-order chi connectivity index (χ1) is 40.7. The van der Waals surface area contributed by atoms with Crippen LogP contribution in [-0.4, -0.2) is 46.6 Å². The van der Waals surface area contributed by atoms with E-state index in [0.29, 0.717) is 57.6 Å². The zero-order chi connectivity index (χ0) is 57.4. The van der Waals surface area contributed by atoms with Gasteiger partial charge in [0.1, 0.15) is 34.2 Å². The Balaban J connectivity index is 1.46. The van der Waals surface area contributed by atoms with Gasteiger partial charge in [0, 0.05) is 22.2 Å². The highest BCUT2D eigenvalue weighted by Gasteiger charge is 2.37. The van der Waals surface area contributed by atoms with Gasteiger partial charge in [0.2, 0.25) is 0 Å². The number of aliphatic imine (C=N–C) groups is 1. The molecule has 0 saturated carbocycles. The Morgan fingerprint density at radius 3 is 1.40 bits per heavy atom. The number of nitriles is 2. The number of thiazole rings is 1. The predicted molar refractivity (Wildman–Crippen MR) is 347 cm³/mol. The number of para-hydroxylation sites is 2.